The molecular formula is C15H25NS. The van der Waals surface area contributed by atoms with Crippen LogP contribution in [-0.2, 0) is 0 Å². The van der Waals surface area contributed by atoms with E-state index in [4.69, 9.17) is 0 Å². The van der Waals surface area contributed by atoms with Gasteiger partial charge in [-0.2, -0.15) is 0 Å². The van der Waals surface area contributed by atoms with E-state index in [0.717, 1.165) is 0 Å². The van der Waals surface area contributed by atoms with E-state index in [9.17, 15) is 0 Å². The van der Waals surface area contributed by atoms with Gasteiger partial charge in [0.2, 0.25) is 0 Å². The Hall–Kier alpha value is -0.340. The molecule has 1 aromatic rings. The Morgan fingerprint density at radius 3 is 2.65 bits per heavy atom. The molecule has 0 saturated heterocycles. The van der Waals surface area contributed by atoms with Gasteiger partial charge in [-0.3, -0.25) is 0 Å². The standard InChI is InChI=1S/C15H25NS/c1-4-7-15(8-9-15)11-16-14(12(2)3)13-6-5-10-17-13/h5-6,10,12,14,16H,4,7-9,11H2,1-3H3. The molecule has 96 valence electrons. The summed E-state index contributed by atoms with van der Waals surface area (Å²) in [7, 11) is 0. The lowest BCUT2D eigenvalue weighted by molar-refractivity contribution is 0.347. The molecule has 0 spiro atoms. The van der Waals surface area contributed by atoms with E-state index in [1.54, 1.807) is 0 Å². The zero-order chi connectivity index (χ0) is 12.3. The van der Waals surface area contributed by atoms with Crippen molar-refractivity contribution in [1.82, 2.24) is 5.32 Å². The monoisotopic (exact) mass is 251 g/mol. The summed E-state index contributed by atoms with van der Waals surface area (Å²) in [6, 6.07) is 4.97. The average Bonchev–Trinajstić information content (AvgIpc) is 2.85. The Morgan fingerprint density at radius 1 is 1.41 bits per heavy atom. The van der Waals surface area contributed by atoms with Gasteiger partial charge in [0.1, 0.15) is 0 Å². The highest BCUT2D eigenvalue weighted by Gasteiger charge is 2.41. The number of nitrogens with one attached hydrogen (secondary N) is 1. The third-order valence-electron chi connectivity index (χ3n) is 3.95. The molecule has 2 rings (SSSR count). The maximum Gasteiger partial charge on any atom is 0.0438 e. The van der Waals surface area contributed by atoms with Gasteiger partial charge < -0.3 is 5.32 Å². The van der Waals surface area contributed by atoms with Crippen molar-refractivity contribution in [1.29, 1.82) is 0 Å². The first-order chi connectivity index (χ1) is 8.17. The highest BCUT2D eigenvalue weighted by Crippen LogP contribution is 2.49. The van der Waals surface area contributed by atoms with Crippen LogP contribution in [0.1, 0.15) is 57.4 Å². The van der Waals surface area contributed by atoms with Crippen molar-refractivity contribution < 1.29 is 0 Å². The highest BCUT2D eigenvalue weighted by atomic mass is 32.1. The normalized spacial score (nSPS) is 19.5. The van der Waals surface area contributed by atoms with Gasteiger partial charge in [-0.05, 0) is 42.0 Å². The van der Waals surface area contributed by atoms with Crippen LogP contribution < -0.4 is 5.32 Å². The van der Waals surface area contributed by atoms with Crippen LogP contribution in [0, 0.1) is 11.3 Å². The summed E-state index contributed by atoms with van der Waals surface area (Å²) in [5.74, 6) is 0.672. The lowest BCUT2D eigenvalue weighted by atomic mass is 9.97. The second-order valence-corrected chi connectivity index (χ2v) is 6.85. The summed E-state index contributed by atoms with van der Waals surface area (Å²) in [5, 5.41) is 6.01. The molecule has 0 amide bonds. The molecule has 1 fully saturated rings. The Balaban J connectivity index is 1.91. The first-order valence-electron chi connectivity index (χ1n) is 6.94. The molecule has 17 heavy (non-hydrogen) atoms. The Bertz CT molecular complexity index is 325. The van der Waals surface area contributed by atoms with E-state index in [0.29, 0.717) is 17.4 Å². The second-order valence-electron chi connectivity index (χ2n) is 5.87. The van der Waals surface area contributed by atoms with E-state index in [1.807, 2.05) is 11.3 Å². The van der Waals surface area contributed by atoms with Crippen molar-refractivity contribution in [3.05, 3.63) is 22.4 Å². The number of thiophene rings is 1. The number of rotatable bonds is 7. The molecule has 0 aliphatic heterocycles. The van der Waals surface area contributed by atoms with Crippen LogP contribution in [0.4, 0.5) is 0 Å². The van der Waals surface area contributed by atoms with Crippen molar-refractivity contribution in [2.45, 2.75) is 52.5 Å². The maximum atomic E-state index is 3.82. The topological polar surface area (TPSA) is 12.0 Å². The molecule has 1 N–H and O–H groups in total. The van der Waals surface area contributed by atoms with Crippen molar-refractivity contribution in [2.24, 2.45) is 11.3 Å². The fourth-order valence-corrected chi connectivity index (χ4v) is 3.66. The van der Waals surface area contributed by atoms with Gasteiger partial charge >= 0.3 is 0 Å². The smallest absolute Gasteiger partial charge is 0.0438 e. The van der Waals surface area contributed by atoms with Crippen molar-refractivity contribution in [3.63, 3.8) is 0 Å². The molecule has 1 atom stereocenters. The molecule has 1 aliphatic carbocycles. The largest absolute Gasteiger partial charge is 0.308 e. The number of hydrogen-bond donors (Lipinski definition) is 1. The lowest BCUT2D eigenvalue weighted by Gasteiger charge is -2.24. The van der Waals surface area contributed by atoms with E-state index < -0.39 is 0 Å². The van der Waals surface area contributed by atoms with Gasteiger partial charge in [0.25, 0.3) is 0 Å². The van der Waals surface area contributed by atoms with Crippen LogP contribution in [0.2, 0.25) is 0 Å². The van der Waals surface area contributed by atoms with E-state index in [2.05, 4.69) is 43.6 Å². The van der Waals surface area contributed by atoms with Gasteiger partial charge in [0.15, 0.2) is 0 Å². The number of hydrogen-bond acceptors (Lipinski definition) is 2. The third-order valence-corrected chi connectivity index (χ3v) is 4.91. The first kappa shape index (κ1) is 13.1. The van der Waals surface area contributed by atoms with Crippen LogP contribution in [0.5, 0.6) is 0 Å². The molecular weight excluding hydrogens is 226 g/mol. The Kier molecular flexibility index (Phi) is 4.26. The average molecular weight is 251 g/mol. The quantitative estimate of drug-likeness (QED) is 0.746. The summed E-state index contributed by atoms with van der Waals surface area (Å²) in [6.07, 6.45) is 5.59. The molecule has 1 aromatic heterocycles. The van der Waals surface area contributed by atoms with Crippen LogP contribution in [0.15, 0.2) is 17.5 Å². The zero-order valence-electron chi connectivity index (χ0n) is 11.3. The van der Waals surface area contributed by atoms with Gasteiger partial charge in [-0.15, -0.1) is 11.3 Å². The summed E-state index contributed by atoms with van der Waals surface area (Å²) < 4.78 is 0. The van der Waals surface area contributed by atoms with Gasteiger partial charge in [0, 0.05) is 17.5 Å². The Morgan fingerprint density at radius 2 is 2.18 bits per heavy atom. The molecule has 0 radical (unpaired) electrons. The van der Waals surface area contributed by atoms with Crippen molar-refractivity contribution in [2.75, 3.05) is 6.54 Å². The summed E-state index contributed by atoms with van der Waals surface area (Å²) in [4.78, 5) is 1.49. The van der Waals surface area contributed by atoms with Crippen LogP contribution >= 0.6 is 11.3 Å². The molecule has 1 nitrogen and oxygen atoms in total. The molecule has 1 unspecified atom stereocenters. The molecule has 0 aromatic carbocycles. The van der Waals surface area contributed by atoms with Crippen molar-refractivity contribution in [3.8, 4) is 0 Å². The summed E-state index contributed by atoms with van der Waals surface area (Å²) >= 11 is 1.88. The minimum Gasteiger partial charge on any atom is -0.308 e. The molecule has 1 saturated carbocycles. The Labute approximate surface area is 110 Å². The lowest BCUT2D eigenvalue weighted by Crippen LogP contribution is -2.30. The first-order valence-corrected chi connectivity index (χ1v) is 7.82. The molecule has 0 bridgehead atoms. The fraction of sp³-hybridized carbons (Fsp3) is 0.733. The van der Waals surface area contributed by atoms with Gasteiger partial charge in [0.05, 0.1) is 0 Å². The SMILES string of the molecule is CCCC1(CNC(c2cccs2)C(C)C)CC1. The molecule has 2 heteroatoms. The summed E-state index contributed by atoms with van der Waals surface area (Å²) in [5.41, 5.74) is 0.652. The second kappa shape index (κ2) is 5.53. The molecule has 1 heterocycles. The van der Waals surface area contributed by atoms with Crippen LogP contribution in [0.3, 0.4) is 0 Å². The van der Waals surface area contributed by atoms with Crippen LogP contribution in [-0.4, -0.2) is 6.54 Å². The maximum absolute atomic E-state index is 3.82. The van der Waals surface area contributed by atoms with Gasteiger partial charge in [-0.25, -0.2) is 0 Å². The predicted molar refractivity (Wildman–Crippen MR) is 76.5 cm³/mol. The molecule has 1 aliphatic rings. The fourth-order valence-electron chi connectivity index (χ4n) is 2.68. The van der Waals surface area contributed by atoms with Gasteiger partial charge in [-0.1, -0.05) is 33.3 Å². The predicted octanol–water partition coefficient (Wildman–Crippen LogP) is 4.62. The van der Waals surface area contributed by atoms with E-state index in [1.165, 1.54) is 37.1 Å². The van der Waals surface area contributed by atoms with E-state index in [-0.39, 0.29) is 0 Å². The van der Waals surface area contributed by atoms with E-state index >= 15 is 0 Å². The zero-order valence-corrected chi connectivity index (χ0v) is 12.1. The van der Waals surface area contributed by atoms with Crippen molar-refractivity contribution >= 4 is 11.3 Å². The third kappa shape index (κ3) is 3.32. The highest BCUT2D eigenvalue weighted by molar-refractivity contribution is 7.10. The summed E-state index contributed by atoms with van der Waals surface area (Å²) in [6.45, 7) is 8.15. The van der Waals surface area contributed by atoms with Crippen LogP contribution in [0.25, 0.3) is 0 Å². The minimum absolute atomic E-state index is 0.546. The minimum atomic E-state index is 0.546.